The Morgan fingerprint density at radius 2 is 2.08 bits per heavy atom. The van der Waals surface area contributed by atoms with Crippen LogP contribution in [0.15, 0.2) is 10.4 Å². The Balaban J connectivity index is 1.64. The van der Waals surface area contributed by atoms with Gasteiger partial charge in [0, 0.05) is 39.0 Å². The number of hydrogen-bond donors (Lipinski definition) is 2. The molecule has 7 heteroatoms. The van der Waals surface area contributed by atoms with Crippen LogP contribution in [0.1, 0.15) is 42.8 Å². The molecule has 1 aromatic rings. The summed E-state index contributed by atoms with van der Waals surface area (Å²) in [4.78, 5) is 22.7. The minimum atomic E-state index is 0.171. The molecule has 1 heterocycles. The van der Waals surface area contributed by atoms with Gasteiger partial charge >= 0.3 is 0 Å². The Labute approximate surface area is 148 Å². The Morgan fingerprint density at radius 3 is 2.71 bits per heavy atom. The number of carbonyl (C=O) groups excluding carboxylic acids is 1. The largest absolute Gasteiger partial charge is 0.354 e. The summed E-state index contributed by atoms with van der Waals surface area (Å²) in [5, 5.41) is 9.42. The Morgan fingerprint density at radius 1 is 1.38 bits per heavy atom. The highest BCUT2D eigenvalue weighted by atomic mass is 32.1. The van der Waals surface area contributed by atoms with Gasteiger partial charge in [0.05, 0.1) is 17.2 Å². The van der Waals surface area contributed by atoms with E-state index in [1.165, 1.54) is 25.7 Å². The molecular weight excluding hydrogens is 322 g/mol. The van der Waals surface area contributed by atoms with Crippen molar-refractivity contribution in [2.75, 3.05) is 27.2 Å². The second kappa shape index (κ2) is 9.61. The average molecular weight is 352 g/mol. The van der Waals surface area contributed by atoms with Gasteiger partial charge in [-0.3, -0.25) is 9.79 Å². The molecule has 2 rings (SSSR count). The molecule has 2 N–H and O–H groups in total. The molecule has 1 aromatic heterocycles. The molecule has 0 aromatic carbocycles. The van der Waals surface area contributed by atoms with Gasteiger partial charge in [0.2, 0.25) is 5.91 Å². The van der Waals surface area contributed by atoms with Crippen molar-refractivity contribution in [1.82, 2.24) is 20.5 Å². The number of hydrogen-bond acceptors (Lipinski definition) is 4. The molecule has 1 fully saturated rings. The summed E-state index contributed by atoms with van der Waals surface area (Å²) in [6.07, 6.45) is 5.65. The number of aryl methyl sites for hydroxylation is 1. The van der Waals surface area contributed by atoms with Gasteiger partial charge in [-0.25, -0.2) is 4.98 Å². The zero-order valence-electron chi connectivity index (χ0n) is 15.0. The Bertz CT molecular complexity index is 551. The highest BCUT2D eigenvalue weighted by Gasteiger charge is 2.18. The Kier molecular flexibility index (Phi) is 7.49. The second-order valence-electron chi connectivity index (χ2n) is 6.39. The third-order valence-electron chi connectivity index (χ3n) is 4.32. The molecule has 0 aliphatic heterocycles. The number of carbonyl (C=O) groups is 1. The van der Waals surface area contributed by atoms with Crippen molar-refractivity contribution in [3.63, 3.8) is 0 Å². The van der Waals surface area contributed by atoms with Crippen LogP contribution in [0.3, 0.4) is 0 Å². The molecule has 0 spiro atoms. The lowest BCUT2D eigenvalue weighted by Gasteiger charge is -2.21. The quantitative estimate of drug-likeness (QED) is 0.449. The van der Waals surface area contributed by atoms with Crippen LogP contribution in [-0.2, 0) is 11.3 Å². The molecule has 0 saturated heterocycles. The highest BCUT2D eigenvalue weighted by molar-refractivity contribution is 7.09. The lowest BCUT2D eigenvalue weighted by molar-refractivity contribution is -0.121. The van der Waals surface area contributed by atoms with Crippen molar-refractivity contribution < 1.29 is 4.79 Å². The number of aromatic nitrogens is 1. The maximum Gasteiger partial charge on any atom is 0.220 e. The van der Waals surface area contributed by atoms with Gasteiger partial charge in [-0.15, -0.1) is 11.3 Å². The van der Waals surface area contributed by atoms with E-state index in [2.05, 4.69) is 26.0 Å². The normalized spacial score (nSPS) is 15.5. The SMILES string of the molecule is CN=C(NCCNC(=O)CC1CCCC1)N(C)Cc1csc(C)n1. The summed E-state index contributed by atoms with van der Waals surface area (Å²) >= 11 is 1.66. The van der Waals surface area contributed by atoms with E-state index in [0.29, 0.717) is 25.4 Å². The second-order valence-corrected chi connectivity index (χ2v) is 7.45. The molecule has 0 radical (unpaired) electrons. The molecule has 1 saturated carbocycles. The van der Waals surface area contributed by atoms with E-state index < -0.39 is 0 Å². The maximum atomic E-state index is 11.9. The van der Waals surface area contributed by atoms with E-state index in [-0.39, 0.29) is 5.91 Å². The predicted molar refractivity (Wildman–Crippen MR) is 99.3 cm³/mol. The standard InChI is InChI=1S/C17H29N5OS/c1-13-21-15(12-24-13)11-22(3)17(18-2)20-9-8-19-16(23)10-14-6-4-5-7-14/h12,14H,4-11H2,1-3H3,(H,18,20)(H,19,23). The number of rotatable bonds is 7. The molecule has 1 aliphatic rings. The molecule has 0 bridgehead atoms. The number of nitrogens with zero attached hydrogens (tertiary/aromatic N) is 3. The zero-order valence-corrected chi connectivity index (χ0v) is 15.8. The number of amides is 1. The first kappa shape index (κ1) is 18.7. The maximum absolute atomic E-state index is 11.9. The number of nitrogens with one attached hydrogen (secondary N) is 2. The highest BCUT2D eigenvalue weighted by Crippen LogP contribution is 2.27. The van der Waals surface area contributed by atoms with E-state index >= 15 is 0 Å². The predicted octanol–water partition coefficient (Wildman–Crippen LogP) is 2.16. The zero-order chi connectivity index (χ0) is 17.4. The summed E-state index contributed by atoms with van der Waals surface area (Å²) in [5.74, 6) is 1.58. The van der Waals surface area contributed by atoms with Crippen LogP contribution >= 0.6 is 11.3 Å². The van der Waals surface area contributed by atoms with Gasteiger partial charge in [-0.2, -0.15) is 0 Å². The summed E-state index contributed by atoms with van der Waals surface area (Å²) in [5.41, 5.74) is 1.05. The lowest BCUT2D eigenvalue weighted by atomic mass is 10.0. The van der Waals surface area contributed by atoms with Gasteiger partial charge < -0.3 is 15.5 Å². The molecule has 0 unspecified atom stereocenters. The van der Waals surface area contributed by atoms with Crippen molar-refractivity contribution in [2.45, 2.75) is 45.6 Å². The van der Waals surface area contributed by atoms with Crippen LogP contribution in [0.4, 0.5) is 0 Å². The fourth-order valence-electron chi connectivity index (χ4n) is 3.11. The van der Waals surface area contributed by atoms with E-state index in [1.807, 2.05) is 18.9 Å². The first-order valence-corrected chi connectivity index (χ1v) is 9.56. The topological polar surface area (TPSA) is 69.6 Å². The first-order valence-electron chi connectivity index (χ1n) is 8.68. The van der Waals surface area contributed by atoms with Crippen LogP contribution in [0.25, 0.3) is 0 Å². The van der Waals surface area contributed by atoms with E-state index in [0.717, 1.165) is 23.2 Å². The molecule has 6 nitrogen and oxygen atoms in total. The van der Waals surface area contributed by atoms with E-state index in [9.17, 15) is 4.79 Å². The van der Waals surface area contributed by atoms with Gasteiger partial charge in [0.1, 0.15) is 0 Å². The summed E-state index contributed by atoms with van der Waals surface area (Å²) in [6.45, 7) is 4.02. The number of guanidine groups is 1. The summed E-state index contributed by atoms with van der Waals surface area (Å²) in [6, 6.07) is 0. The van der Waals surface area contributed by atoms with Crippen LogP contribution in [-0.4, -0.2) is 48.9 Å². The monoisotopic (exact) mass is 351 g/mol. The van der Waals surface area contributed by atoms with Crippen molar-refractivity contribution in [1.29, 1.82) is 0 Å². The van der Waals surface area contributed by atoms with Gasteiger partial charge in [0.25, 0.3) is 0 Å². The van der Waals surface area contributed by atoms with Crippen LogP contribution in [0.2, 0.25) is 0 Å². The Hall–Kier alpha value is -1.63. The third-order valence-corrected chi connectivity index (χ3v) is 5.14. The van der Waals surface area contributed by atoms with Crippen LogP contribution < -0.4 is 10.6 Å². The summed E-state index contributed by atoms with van der Waals surface area (Å²) < 4.78 is 0. The number of thiazole rings is 1. The van der Waals surface area contributed by atoms with E-state index in [4.69, 9.17) is 0 Å². The fraction of sp³-hybridized carbons (Fsp3) is 0.706. The van der Waals surface area contributed by atoms with Crippen LogP contribution in [0.5, 0.6) is 0 Å². The lowest BCUT2D eigenvalue weighted by Crippen LogP contribution is -2.42. The van der Waals surface area contributed by atoms with E-state index in [1.54, 1.807) is 18.4 Å². The fourth-order valence-corrected chi connectivity index (χ4v) is 3.71. The molecule has 24 heavy (non-hydrogen) atoms. The summed E-state index contributed by atoms with van der Waals surface area (Å²) in [7, 11) is 3.76. The molecule has 1 amide bonds. The number of aliphatic imine (C=N–C) groups is 1. The molecule has 1 aliphatic carbocycles. The van der Waals surface area contributed by atoms with Gasteiger partial charge in [-0.1, -0.05) is 12.8 Å². The van der Waals surface area contributed by atoms with Crippen molar-refractivity contribution >= 4 is 23.2 Å². The van der Waals surface area contributed by atoms with Crippen molar-refractivity contribution in [3.8, 4) is 0 Å². The minimum absolute atomic E-state index is 0.171. The van der Waals surface area contributed by atoms with Crippen molar-refractivity contribution in [3.05, 3.63) is 16.1 Å². The average Bonchev–Trinajstić information content (AvgIpc) is 3.19. The molecule has 0 atom stereocenters. The van der Waals surface area contributed by atoms with Gasteiger partial charge in [-0.05, 0) is 25.7 Å². The van der Waals surface area contributed by atoms with Crippen molar-refractivity contribution in [2.24, 2.45) is 10.9 Å². The first-order chi connectivity index (χ1) is 11.6. The van der Waals surface area contributed by atoms with Gasteiger partial charge in [0.15, 0.2) is 5.96 Å². The smallest absolute Gasteiger partial charge is 0.220 e. The van der Waals surface area contributed by atoms with Crippen LogP contribution in [0, 0.1) is 12.8 Å². The molecular formula is C17H29N5OS. The minimum Gasteiger partial charge on any atom is -0.354 e. The third kappa shape index (κ3) is 6.11. The molecule has 134 valence electrons.